The highest BCUT2D eigenvalue weighted by Crippen LogP contribution is 2.13. The van der Waals surface area contributed by atoms with Gasteiger partial charge in [0.25, 0.3) is 0 Å². The summed E-state index contributed by atoms with van der Waals surface area (Å²) in [5.74, 6) is 0.477. The van der Waals surface area contributed by atoms with E-state index in [1.54, 1.807) is 0 Å². The van der Waals surface area contributed by atoms with Gasteiger partial charge in [-0.3, -0.25) is 4.98 Å². The molecule has 0 amide bonds. The Bertz CT molecular complexity index is 488. The van der Waals surface area contributed by atoms with E-state index in [0.717, 1.165) is 25.0 Å². The number of halogens is 1. The van der Waals surface area contributed by atoms with Crippen molar-refractivity contribution in [2.24, 2.45) is 5.92 Å². The molecule has 138 valence electrons. The molecule has 0 aliphatic rings. The summed E-state index contributed by atoms with van der Waals surface area (Å²) >= 11 is 0. The number of hydrogen-bond donors (Lipinski definition) is 2. The van der Waals surface area contributed by atoms with E-state index in [1.807, 2.05) is 0 Å². The normalized spacial score (nSPS) is 11.2. The molecule has 0 atom stereocenters. The van der Waals surface area contributed by atoms with Crippen LogP contribution < -0.4 is 11.0 Å². The number of H-pyrrole nitrogens is 1. The van der Waals surface area contributed by atoms with Gasteiger partial charge in [0.05, 0.1) is 6.20 Å². The molecule has 1 rings (SSSR count). The lowest BCUT2D eigenvalue weighted by molar-refractivity contribution is 0.505. The first-order valence-electron chi connectivity index (χ1n) is 9.58. The van der Waals surface area contributed by atoms with Gasteiger partial charge < -0.3 is 5.32 Å². The quantitative estimate of drug-likeness (QED) is 0.454. The van der Waals surface area contributed by atoms with Crippen LogP contribution in [0.3, 0.4) is 0 Å². The average Bonchev–Trinajstić information content (AvgIpc) is 2.54. The van der Waals surface area contributed by atoms with Crippen LogP contribution in [0.25, 0.3) is 0 Å². The number of anilines is 1. The lowest BCUT2D eigenvalue weighted by atomic mass is 10.0. The molecule has 1 aromatic heterocycles. The van der Waals surface area contributed by atoms with Crippen molar-refractivity contribution < 1.29 is 4.39 Å². The first kappa shape index (κ1) is 20.7. The minimum absolute atomic E-state index is 0.146. The number of aromatic amines is 1. The van der Waals surface area contributed by atoms with Gasteiger partial charge in [-0.2, -0.15) is 4.98 Å². The van der Waals surface area contributed by atoms with Crippen LogP contribution in [0.5, 0.6) is 0 Å². The van der Waals surface area contributed by atoms with Crippen molar-refractivity contribution >= 4 is 5.82 Å². The van der Waals surface area contributed by atoms with Gasteiger partial charge in [0, 0.05) is 6.54 Å². The van der Waals surface area contributed by atoms with Crippen molar-refractivity contribution in [1.82, 2.24) is 9.97 Å². The highest BCUT2D eigenvalue weighted by Gasteiger charge is 2.02. The second-order valence-electron chi connectivity index (χ2n) is 7.06. The van der Waals surface area contributed by atoms with Crippen molar-refractivity contribution in [3.8, 4) is 0 Å². The summed E-state index contributed by atoms with van der Waals surface area (Å²) in [6.07, 6.45) is 15.1. The molecule has 4 nitrogen and oxygen atoms in total. The fraction of sp³-hybridized carbons (Fsp3) is 0.789. The molecule has 0 unspecified atom stereocenters. The van der Waals surface area contributed by atoms with Crippen LogP contribution in [-0.2, 0) is 0 Å². The van der Waals surface area contributed by atoms with Crippen LogP contribution >= 0.6 is 0 Å². The smallest absolute Gasteiger partial charge is 0.346 e. The second kappa shape index (κ2) is 13.0. The van der Waals surface area contributed by atoms with Crippen LogP contribution in [0.15, 0.2) is 11.0 Å². The zero-order valence-corrected chi connectivity index (χ0v) is 15.4. The van der Waals surface area contributed by atoms with Gasteiger partial charge in [-0.25, -0.2) is 9.18 Å². The Morgan fingerprint density at radius 3 is 2.12 bits per heavy atom. The number of nitrogens with one attached hydrogen (secondary N) is 2. The summed E-state index contributed by atoms with van der Waals surface area (Å²) in [6.45, 7) is 5.26. The Morgan fingerprint density at radius 1 is 1.00 bits per heavy atom. The van der Waals surface area contributed by atoms with E-state index in [4.69, 9.17) is 0 Å². The molecule has 24 heavy (non-hydrogen) atoms. The maximum atomic E-state index is 13.3. The zero-order valence-electron chi connectivity index (χ0n) is 15.4. The average molecular weight is 339 g/mol. The zero-order chi connectivity index (χ0) is 17.6. The molecule has 0 radical (unpaired) electrons. The largest absolute Gasteiger partial charge is 0.369 e. The van der Waals surface area contributed by atoms with Crippen LogP contribution in [0.2, 0.25) is 0 Å². The number of rotatable bonds is 14. The van der Waals surface area contributed by atoms with Gasteiger partial charge in [0.2, 0.25) is 0 Å². The van der Waals surface area contributed by atoms with E-state index < -0.39 is 11.5 Å². The van der Waals surface area contributed by atoms with Crippen molar-refractivity contribution in [2.75, 3.05) is 11.9 Å². The molecule has 0 spiro atoms. The summed E-state index contributed by atoms with van der Waals surface area (Å²) in [5.41, 5.74) is -0.525. The Labute approximate surface area is 145 Å². The van der Waals surface area contributed by atoms with Crippen molar-refractivity contribution in [3.63, 3.8) is 0 Å². The fourth-order valence-corrected chi connectivity index (χ4v) is 2.81. The molecule has 0 bridgehead atoms. The topological polar surface area (TPSA) is 57.8 Å². The maximum absolute atomic E-state index is 13.3. The molecular weight excluding hydrogens is 305 g/mol. The van der Waals surface area contributed by atoms with Crippen LogP contribution in [0.1, 0.15) is 84.5 Å². The third-order valence-electron chi connectivity index (χ3n) is 4.28. The van der Waals surface area contributed by atoms with E-state index in [1.165, 1.54) is 57.8 Å². The van der Waals surface area contributed by atoms with Crippen molar-refractivity contribution in [1.29, 1.82) is 0 Å². The van der Waals surface area contributed by atoms with Gasteiger partial charge >= 0.3 is 5.69 Å². The third kappa shape index (κ3) is 10.4. The molecular formula is C19H34FN3O. The van der Waals surface area contributed by atoms with E-state index in [9.17, 15) is 9.18 Å². The van der Waals surface area contributed by atoms with Gasteiger partial charge in [-0.15, -0.1) is 0 Å². The lowest BCUT2D eigenvalue weighted by Gasteiger charge is -2.06. The summed E-state index contributed by atoms with van der Waals surface area (Å²) in [6, 6.07) is 0. The first-order chi connectivity index (χ1) is 11.6. The molecule has 0 aliphatic carbocycles. The monoisotopic (exact) mass is 339 g/mol. The molecule has 0 aromatic carbocycles. The fourth-order valence-electron chi connectivity index (χ4n) is 2.81. The molecule has 1 aromatic rings. The summed E-state index contributed by atoms with van der Waals surface area (Å²) in [7, 11) is 0. The first-order valence-corrected chi connectivity index (χ1v) is 9.58. The molecule has 0 saturated heterocycles. The lowest BCUT2D eigenvalue weighted by Crippen LogP contribution is -2.15. The maximum Gasteiger partial charge on any atom is 0.346 e. The predicted octanol–water partition coefficient (Wildman–Crippen LogP) is 5.27. The molecule has 1 heterocycles. The summed E-state index contributed by atoms with van der Waals surface area (Å²) < 4.78 is 13.3. The Balaban J connectivity index is 1.87. The number of nitrogens with zero attached hydrogens (tertiary/aromatic N) is 1. The molecule has 2 N–H and O–H groups in total. The van der Waals surface area contributed by atoms with Gasteiger partial charge in [0.1, 0.15) is 5.82 Å². The van der Waals surface area contributed by atoms with Gasteiger partial charge in [0.15, 0.2) is 5.82 Å². The van der Waals surface area contributed by atoms with Crippen molar-refractivity contribution in [2.45, 2.75) is 84.5 Å². The molecule has 0 fully saturated rings. The van der Waals surface area contributed by atoms with E-state index in [0.29, 0.717) is 6.54 Å². The van der Waals surface area contributed by atoms with E-state index in [2.05, 4.69) is 29.1 Å². The van der Waals surface area contributed by atoms with Gasteiger partial charge in [-0.05, 0) is 12.3 Å². The number of hydrogen-bond acceptors (Lipinski definition) is 3. The third-order valence-corrected chi connectivity index (χ3v) is 4.28. The number of unbranched alkanes of at least 4 members (excludes halogenated alkanes) is 9. The standard InChI is InChI=1S/C19H34FN3O/c1-16(2)13-11-9-7-5-3-4-6-8-10-12-14-21-18-17(20)15-22-19(24)23-18/h15-16H,3-14H2,1-2H3,(H2,21,22,23,24). The SMILES string of the molecule is CC(C)CCCCCCCCCCCCNc1[nH]c(=O)ncc1F. The molecule has 0 saturated carbocycles. The van der Waals surface area contributed by atoms with Crippen molar-refractivity contribution in [3.05, 3.63) is 22.5 Å². The molecule has 5 heteroatoms. The summed E-state index contributed by atoms with van der Waals surface area (Å²) in [4.78, 5) is 16.7. The highest BCUT2D eigenvalue weighted by molar-refractivity contribution is 5.33. The Hall–Kier alpha value is -1.39. The highest BCUT2D eigenvalue weighted by atomic mass is 19.1. The molecule has 0 aliphatic heterocycles. The van der Waals surface area contributed by atoms with Crippen LogP contribution in [-0.4, -0.2) is 16.5 Å². The van der Waals surface area contributed by atoms with Gasteiger partial charge in [-0.1, -0.05) is 78.1 Å². The minimum atomic E-state index is -0.525. The number of aromatic nitrogens is 2. The summed E-state index contributed by atoms with van der Waals surface area (Å²) in [5, 5.41) is 2.92. The van der Waals surface area contributed by atoms with E-state index >= 15 is 0 Å². The Morgan fingerprint density at radius 2 is 1.54 bits per heavy atom. The Kier molecular flexibility index (Phi) is 11.2. The predicted molar refractivity (Wildman–Crippen MR) is 98.9 cm³/mol. The second-order valence-corrected chi connectivity index (χ2v) is 7.06. The minimum Gasteiger partial charge on any atom is -0.369 e. The van der Waals surface area contributed by atoms with Crippen LogP contribution in [0, 0.1) is 11.7 Å². The van der Waals surface area contributed by atoms with Crippen LogP contribution in [0.4, 0.5) is 10.2 Å². The van der Waals surface area contributed by atoms with E-state index in [-0.39, 0.29) is 5.82 Å².